The Morgan fingerprint density at radius 3 is 2.79 bits per heavy atom. The van der Waals surface area contributed by atoms with Crippen LogP contribution in [-0.2, 0) is 0 Å². The van der Waals surface area contributed by atoms with Crippen LogP contribution in [-0.4, -0.2) is 29.1 Å². The lowest BCUT2D eigenvalue weighted by Crippen LogP contribution is -2.49. The van der Waals surface area contributed by atoms with Gasteiger partial charge in [-0.05, 0) is 43.3 Å². The minimum atomic E-state index is 0.193. The molecule has 0 saturated heterocycles. The molecule has 1 heterocycles. The van der Waals surface area contributed by atoms with Crippen molar-refractivity contribution in [3.05, 3.63) is 34.9 Å². The summed E-state index contributed by atoms with van der Waals surface area (Å²) in [6, 6.07) is 8.04. The summed E-state index contributed by atoms with van der Waals surface area (Å²) in [5.74, 6) is 0.751. The molecule has 1 aromatic carbocycles. The van der Waals surface area contributed by atoms with Crippen LogP contribution in [0.2, 0.25) is 5.02 Å². The lowest BCUT2D eigenvalue weighted by molar-refractivity contribution is 0.312. The Morgan fingerprint density at radius 1 is 1.47 bits per heavy atom. The number of nitrogens with two attached hydrogens (primary N) is 1. The summed E-state index contributed by atoms with van der Waals surface area (Å²) in [6.07, 6.45) is 1.03. The van der Waals surface area contributed by atoms with Crippen LogP contribution in [0, 0.1) is 0 Å². The lowest BCUT2D eigenvalue weighted by atomic mass is 10.1. The van der Waals surface area contributed by atoms with Gasteiger partial charge in [0.1, 0.15) is 0 Å². The van der Waals surface area contributed by atoms with Crippen molar-refractivity contribution >= 4 is 34.9 Å². The number of guanidine groups is 1. The first kappa shape index (κ1) is 14.1. The SMILES string of the molecule is CC(c1ccc(Cl)cc1)N1CCCN=C1NC(N)=S. The van der Waals surface area contributed by atoms with E-state index in [1.165, 1.54) is 5.56 Å². The summed E-state index contributed by atoms with van der Waals surface area (Å²) in [4.78, 5) is 6.63. The second-order valence-electron chi connectivity index (χ2n) is 4.47. The van der Waals surface area contributed by atoms with Gasteiger partial charge in [0.25, 0.3) is 0 Å². The molecule has 19 heavy (non-hydrogen) atoms. The third kappa shape index (κ3) is 3.58. The topological polar surface area (TPSA) is 53.6 Å². The van der Waals surface area contributed by atoms with Gasteiger partial charge in [-0.2, -0.15) is 0 Å². The van der Waals surface area contributed by atoms with E-state index in [0.29, 0.717) is 0 Å². The molecule has 0 radical (unpaired) electrons. The Bertz CT molecular complexity index is 486. The van der Waals surface area contributed by atoms with Crippen molar-refractivity contribution in [1.29, 1.82) is 0 Å². The molecule has 1 unspecified atom stereocenters. The molecule has 0 saturated carbocycles. The van der Waals surface area contributed by atoms with Crippen LogP contribution in [0.1, 0.15) is 24.9 Å². The van der Waals surface area contributed by atoms with E-state index in [4.69, 9.17) is 29.6 Å². The Kier molecular flexibility index (Phi) is 4.61. The van der Waals surface area contributed by atoms with Gasteiger partial charge < -0.3 is 16.0 Å². The fourth-order valence-corrected chi connectivity index (χ4v) is 2.36. The van der Waals surface area contributed by atoms with Gasteiger partial charge in [-0.25, -0.2) is 0 Å². The predicted octanol–water partition coefficient (Wildman–Crippen LogP) is 2.30. The number of hydrogen-bond acceptors (Lipinski definition) is 3. The van der Waals surface area contributed by atoms with Crippen molar-refractivity contribution in [3.63, 3.8) is 0 Å². The molecule has 2 rings (SSSR count). The molecule has 6 heteroatoms. The number of nitrogens with zero attached hydrogens (tertiary/aromatic N) is 2. The molecule has 1 aliphatic heterocycles. The van der Waals surface area contributed by atoms with Gasteiger partial charge in [-0.3, -0.25) is 4.99 Å². The summed E-state index contributed by atoms with van der Waals surface area (Å²) in [7, 11) is 0. The molecule has 102 valence electrons. The molecule has 4 nitrogen and oxygen atoms in total. The van der Waals surface area contributed by atoms with Gasteiger partial charge >= 0.3 is 0 Å². The number of hydrogen-bond donors (Lipinski definition) is 2. The number of aliphatic imine (C=N–C) groups is 1. The third-order valence-corrected chi connectivity index (χ3v) is 3.50. The standard InChI is InChI=1S/C13H17ClN4S/c1-9(10-3-5-11(14)6-4-10)18-8-2-7-16-13(18)17-12(15)19/h3-6,9H,2,7-8H2,1H3,(H3,15,16,17,19). The normalized spacial score (nSPS) is 16.7. The van der Waals surface area contributed by atoms with Crippen LogP contribution in [0.4, 0.5) is 0 Å². The maximum atomic E-state index is 5.92. The molecule has 0 bridgehead atoms. The Labute approximate surface area is 123 Å². The van der Waals surface area contributed by atoms with E-state index in [2.05, 4.69) is 22.1 Å². The third-order valence-electron chi connectivity index (χ3n) is 3.15. The molecule has 0 aliphatic carbocycles. The largest absolute Gasteiger partial charge is 0.376 e. The number of nitrogens with one attached hydrogen (secondary N) is 1. The van der Waals surface area contributed by atoms with Crippen LogP contribution in [0.3, 0.4) is 0 Å². The second kappa shape index (κ2) is 6.21. The van der Waals surface area contributed by atoms with E-state index < -0.39 is 0 Å². The Hall–Kier alpha value is -1.33. The monoisotopic (exact) mass is 296 g/mol. The van der Waals surface area contributed by atoms with Crippen LogP contribution < -0.4 is 11.1 Å². The minimum Gasteiger partial charge on any atom is -0.376 e. The minimum absolute atomic E-state index is 0.193. The molecule has 1 aromatic rings. The summed E-state index contributed by atoms with van der Waals surface area (Å²) in [6.45, 7) is 3.86. The highest BCUT2D eigenvalue weighted by atomic mass is 35.5. The maximum Gasteiger partial charge on any atom is 0.200 e. The first-order valence-corrected chi connectivity index (χ1v) is 6.99. The fraction of sp³-hybridized carbons (Fsp3) is 0.385. The van der Waals surface area contributed by atoms with Crippen LogP contribution >= 0.6 is 23.8 Å². The summed E-state index contributed by atoms with van der Waals surface area (Å²) >= 11 is 10.8. The van der Waals surface area contributed by atoms with Gasteiger partial charge in [0.15, 0.2) is 5.11 Å². The molecule has 0 spiro atoms. The predicted molar refractivity (Wildman–Crippen MR) is 83.4 cm³/mol. The second-order valence-corrected chi connectivity index (χ2v) is 5.35. The van der Waals surface area contributed by atoms with Crippen LogP contribution in [0.5, 0.6) is 0 Å². The molecule has 3 N–H and O–H groups in total. The summed E-state index contributed by atoms with van der Waals surface area (Å²) < 4.78 is 0. The zero-order valence-electron chi connectivity index (χ0n) is 10.8. The average molecular weight is 297 g/mol. The number of thiocarbonyl (C=S) groups is 1. The van der Waals surface area contributed by atoms with Gasteiger partial charge in [-0.1, -0.05) is 23.7 Å². The Morgan fingerprint density at radius 2 is 2.16 bits per heavy atom. The van der Waals surface area contributed by atoms with Crippen molar-refractivity contribution in [2.75, 3.05) is 13.1 Å². The fourth-order valence-electron chi connectivity index (χ4n) is 2.14. The average Bonchev–Trinajstić information content (AvgIpc) is 2.39. The molecule has 1 aliphatic rings. The number of benzene rings is 1. The Balaban J connectivity index is 2.18. The van der Waals surface area contributed by atoms with Gasteiger partial charge in [-0.15, -0.1) is 0 Å². The highest BCUT2D eigenvalue weighted by molar-refractivity contribution is 7.80. The van der Waals surface area contributed by atoms with E-state index in [9.17, 15) is 0 Å². The van der Waals surface area contributed by atoms with Crippen LogP contribution in [0.25, 0.3) is 0 Å². The molecule has 0 fully saturated rings. The summed E-state index contributed by atoms with van der Waals surface area (Å²) in [5, 5.41) is 3.94. The number of halogens is 1. The molecular formula is C13H17ClN4S. The summed E-state index contributed by atoms with van der Waals surface area (Å²) in [5.41, 5.74) is 6.72. The highest BCUT2D eigenvalue weighted by Gasteiger charge is 2.22. The first-order valence-electron chi connectivity index (χ1n) is 6.21. The van der Waals surface area contributed by atoms with E-state index in [0.717, 1.165) is 30.5 Å². The highest BCUT2D eigenvalue weighted by Crippen LogP contribution is 2.23. The van der Waals surface area contributed by atoms with E-state index in [-0.39, 0.29) is 11.2 Å². The molecular weight excluding hydrogens is 280 g/mol. The molecule has 0 aromatic heterocycles. The van der Waals surface area contributed by atoms with Crippen molar-refractivity contribution in [2.45, 2.75) is 19.4 Å². The van der Waals surface area contributed by atoms with Crippen molar-refractivity contribution < 1.29 is 0 Å². The van der Waals surface area contributed by atoms with Crippen LogP contribution in [0.15, 0.2) is 29.3 Å². The zero-order chi connectivity index (χ0) is 13.8. The van der Waals surface area contributed by atoms with E-state index in [1.807, 2.05) is 24.3 Å². The maximum absolute atomic E-state index is 5.92. The molecule has 0 amide bonds. The zero-order valence-corrected chi connectivity index (χ0v) is 12.3. The van der Waals surface area contributed by atoms with Gasteiger partial charge in [0, 0.05) is 18.1 Å². The lowest BCUT2D eigenvalue weighted by Gasteiger charge is -2.34. The van der Waals surface area contributed by atoms with E-state index in [1.54, 1.807) is 0 Å². The van der Waals surface area contributed by atoms with Crippen molar-refractivity contribution in [2.24, 2.45) is 10.7 Å². The quantitative estimate of drug-likeness (QED) is 0.822. The van der Waals surface area contributed by atoms with Crippen molar-refractivity contribution in [1.82, 2.24) is 10.2 Å². The van der Waals surface area contributed by atoms with Gasteiger partial charge in [0.2, 0.25) is 5.96 Å². The molecule has 1 atom stereocenters. The van der Waals surface area contributed by atoms with Crippen molar-refractivity contribution in [3.8, 4) is 0 Å². The smallest absolute Gasteiger partial charge is 0.200 e. The van der Waals surface area contributed by atoms with E-state index >= 15 is 0 Å². The number of rotatable bonds is 2. The van der Waals surface area contributed by atoms with Gasteiger partial charge in [0.05, 0.1) is 6.04 Å². The first-order chi connectivity index (χ1) is 9.08.